The predicted molar refractivity (Wildman–Crippen MR) is 72.6 cm³/mol. The smallest absolute Gasteiger partial charge is 0.307 e. The Hall–Kier alpha value is -1.82. The Balaban J connectivity index is 2.29. The molecule has 0 unspecified atom stereocenters. The van der Waals surface area contributed by atoms with Crippen molar-refractivity contribution < 1.29 is 14.3 Å². The number of hydrogen-bond acceptors (Lipinski definition) is 4. The highest BCUT2D eigenvalue weighted by Crippen LogP contribution is 2.27. The van der Waals surface area contributed by atoms with Crippen LogP contribution in [0.25, 0.3) is 11.3 Å². The molecule has 0 saturated carbocycles. The fraction of sp³-hybridized carbons (Fsp3) is 0.385. The molecule has 1 N–H and O–H groups in total. The molecule has 2 aromatic heterocycles. The maximum Gasteiger partial charge on any atom is 0.307 e. The van der Waals surface area contributed by atoms with Gasteiger partial charge in [0, 0.05) is 23.9 Å². The molecule has 6 heteroatoms. The van der Waals surface area contributed by atoms with Crippen LogP contribution in [-0.2, 0) is 11.3 Å². The van der Waals surface area contributed by atoms with Crippen molar-refractivity contribution in [3.05, 3.63) is 32.6 Å². The molecule has 0 aliphatic heterocycles. The lowest BCUT2D eigenvalue weighted by atomic mass is 10.2. The average molecular weight is 281 g/mol. The minimum Gasteiger partial charge on any atom is -0.481 e. The van der Waals surface area contributed by atoms with E-state index in [1.165, 1.54) is 0 Å². The van der Waals surface area contributed by atoms with E-state index in [4.69, 9.17) is 9.52 Å². The van der Waals surface area contributed by atoms with Gasteiger partial charge < -0.3 is 9.52 Å². The van der Waals surface area contributed by atoms with Crippen LogP contribution in [0.4, 0.5) is 0 Å². The Kier molecular flexibility index (Phi) is 3.90. The average Bonchev–Trinajstić information content (AvgIpc) is 2.83. The Morgan fingerprint density at radius 2 is 2.21 bits per heavy atom. The number of aliphatic carboxylic acids is 1. The van der Waals surface area contributed by atoms with Crippen molar-refractivity contribution in [2.45, 2.75) is 33.2 Å². The lowest BCUT2D eigenvalue weighted by Crippen LogP contribution is -2.15. The number of nitrogens with zero attached hydrogens (tertiary/aromatic N) is 1. The Labute approximate surface area is 114 Å². The van der Waals surface area contributed by atoms with Crippen molar-refractivity contribution in [1.82, 2.24) is 4.57 Å². The van der Waals surface area contributed by atoms with Crippen LogP contribution in [0.5, 0.6) is 0 Å². The first-order valence-electron chi connectivity index (χ1n) is 5.96. The third-order valence-electron chi connectivity index (χ3n) is 2.87. The number of carboxylic acids is 1. The molecule has 0 amide bonds. The molecule has 0 bridgehead atoms. The maximum atomic E-state index is 11.8. The second-order valence-electron chi connectivity index (χ2n) is 4.36. The van der Waals surface area contributed by atoms with Crippen LogP contribution in [0.2, 0.25) is 0 Å². The van der Waals surface area contributed by atoms with Gasteiger partial charge in [0.05, 0.1) is 5.69 Å². The molecule has 0 aromatic carbocycles. The third kappa shape index (κ3) is 2.96. The molecule has 0 radical (unpaired) electrons. The topological polar surface area (TPSA) is 72.4 Å². The molecule has 2 aromatic rings. The van der Waals surface area contributed by atoms with Gasteiger partial charge >= 0.3 is 10.8 Å². The number of carbonyl (C=O) groups is 1. The van der Waals surface area contributed by atoms with Crippen LogP contribution in [0, 0.1) is 13.8 Å². The molecule has 0 fully saturated rings. The number of hydrogen-bond donors (Lipinski definition) is 1. The monoisotopic (exact) mass is 281 g/mol. The van der Waals surface area contributed by atoms with Crippen LogP contribution >= 0.6 is 11.3 Å². The van der Waals surface area contributed by atoms with Crippen LogP contribution in [-0.4, -0.2) is 15.6 Å². The SMILES string of the molecule is Cc1cc(-c2csc(=O)n2CCCC(=O)O)c(C)o1. The van der Waals surface area contributed by atoms with Gasteiger partial charge in [-0.15, -0.1) is 0 Å². The summed E-state index contributed by atoms with van der Waals surface area (Å²) >= 11 is 1.12. The summed E-state index contributed by atoms with van der Waals surface area (Å²) < 4.78 is 7.09. The summed E-state index contributed by atoms with van der Waals surface area (Å²) in [7, 11) is 0. The van der Waals surface area contributed by atoms with Gasteiger partial charge in [-0.3, -0.25) is 14.2 Å². The van der Waals surface area contributed by atoms with E-state index in [1.54, 1.807) is 9.95 Å². The van der Waals surface area contributed by atoms with Crippen LogP contribution < -0.4 is 4.87 Å². The van der Waals surface area contributed by atoms with E-state index in [9.17, 15) is 9.59 Å². The van der Waals surface area contributed by atoms with E-state index in [2.05, 4.69) is 0 Å². The normalized spacial score (nSPS) is 10.8. The predicted octanol–water partition coefficient (Wildman–Crippen LogP) is 2.65. The molecule has 19 heavy (non-hydrogen) atoms. The molecule has 102 valence electrons. The summed E-state index contributed by atoms with van der Waals surface area (Å²) in [6.07, 6.45) is 0.500. The summed E-state index contributed by atoms with van der Waals surface area (Å²) in [4.78, 5) is 22.3. The highest BCUT2D eigenvalue weighted by atomic mass is 32.1. The molecule has 0 aliphatic carbocycles. The van der Waals surface area contributed by atoms with E-state index < -0.39 is 5.97 Å². The number of aryl methyl sites for hydroxylation is 2. The molecular formula is C13H15NO4S. The van der Waals surface area contributed by atoms with Crippen LogP contribution in [0.3, 0.4) is 0 Å². The zero-order chi connectivity index (χ0) is 14.0. The molecule has 0 atom stereocenters. The molecule has 2 heterocycles. The Bertz CT molecular complexity index is 650. The van der Waals surface area contributed by atoms with Crippen molar-refractivity contribution >= 4 is 17.3 Å². The molecule has 0 aliphatic rings. The van der Waals surface area contributed by atoms with E-state index in [1.807, 2.05) is 19.9 Å². The third-order valence-corrected chi connectivity index (χ3v) is 3.63. The van der Waals surface area contributed by atoms with Gasteiger partial charge in [0.15, 0.2) is 0 Å². The summed E-state index contributed by atoms with van der Waals surface area (Å²) in [6.45, 7) is 4.12. The van der Waals surface area contributed by atoms with E-state index in [0.29, 0.717) is 13.0 Å². The zero-order valence-corrected chi connectivity index (χ0v) is 11.6. The van der Waals surface area contributed by atoms with Crippen LogP contribution in [0.15, 0.2) is 20.7 Å². The van der Waals surface area contributed by atoms with Crippen molar-refractivity contribution in [2.24, 2.45) is 0 Å². The molecule has 0 spiro atoms. The number of aromatic nitrogens is 1. The lowest BCUT2D eigenvalue weighted by Gasteiger charge is -2.05. The number of carboxylic acid groups (broad SMARTS) is 1. The quantitative estimate of drug-likeness (QED) is 0.914. The van der Waals surface area contributed by atoms with E-state index in [-0.39, 0.29) is 11.3 Å². The summed E-state index contributed by atoms with van der Waals surface area (Å²) in [5, 5.41) is 10.4. The summed E-state index contributed by atoms with van der Waals surface area (Å²) in [6, 6.07) is 1.89. The minimum absolute atomic E-state index is 0.0606. The van der Waals surface area contributed by atoms with Crippen molar-refractivity contribution in [2.75, 3.05) is 0 Å². The standard InChI is InChI=1S/C13H15NO4S/c1-8-6-10(9(2)18-8)11-7-19-13(17)14(11)5-3-4-12(15)16/h6-7H,3-5H2,1-2H3,(H,15,16). The Morgan fingerprint density at radius 1 is 1.47 bits per heavy atom. The summed E-state index contributed by atoms with van der Waals surface area (Å²) in [5.74, 6) is 0.714. The molecule has 0 saturated heterocycles. The summed E-state index contributed by atoms with van der Waals surface area (Å²) in [5.41, 5.74) is 1.70. The van der Waals surface area contributed by atoms with Gasteiger partial charge in [-0.1, -0.05) is 11.3 Å². The van der Waals surface area contributed by atoms with E-state index >= 15 is 0 Å². The van der Waals surface area contributed by atoms with Crippen molar-refractivity contribution in [3.63, 3.8) is 0 Å². The first kappa shape index (κ1) is 13.6. The second-order valence-corrected chi connectivity index (χ2v) is 5.18. The molecule has 2 rings (SSSR count). The fourth-order valence-electron chi connectivity index (χ4n) is 2.03. The highest BCUT2D eigenvalue weighted by Gasteiger charge is 2.14. The van der Waals surface area contributed by atoms with Gasteiger partial charge in [-0.25, -0.2) is 0 Å². The second kappa shape index (κ2) is 5.44. The maximum absolute atomic E-state index is 11.8. The number of furan rings is 1. The van der Waals surface area contributed by atoms with Gasteiger partial charge in [0.2, 0.25) is 0 Å². The van der Waals surface area contributed by atoms with E-state index in [0.717, 1.165) is 34.1 Å². The van der Waals surface area contributed by atoms with Crippen molar-refractivity contribution in [3.8, 4) is 11.3 Å². The molecular weight excluding hydrogens is 266 g/mol. The molecule has 5 nitrogen and oxygen atoms in total. The van der Waals surface area contributed by atoms with Gasteiger partial charge in [0.1, 0.15) is 11.5 Å². The first-order chi connectivity index (χ1) is 8.99. The number of rotatable bonds is 5. The van der Waals surface area contributed by atoms with Gasteiger partial charge in [0.25, 0.3) is 0 Å². The Morgan fingerprint density at radius 3 is 2.79 bits per heavy atom. The van der Waals surface area contributed by atoms with Crippen molar-refractivity contribution in [1.29, 1.82) is 0 Å². The first-order valence-corrected chi connectivity index (χ1v) is 6.84. The highest BCUT2D eigenvalue weighted by molar-refractivity contribution is 7.07. The van der Waals surface area contributed by atoms with Gasteiger partial charge in [-0.2, -0.15) is 0 Å². The van der Waals surface area contributed by atoms with Gasteiger partial charge in [-0.05, 0) is 26.3 Å². The number of thiazole rings is 1. The minimum atomic E-state index is -0.847. The largest absolute Gasteiger partial charge is 0.481 e. The fourth-order valence-corrected chi connectivity index (χ4v) is 2.81. The zero-order valence-electron chi connectivity index (χ0n) is 10.8. The van der Waals surface area contributed by atoms with Crippen LogP contribution in [0.1, 0.15) is 24.4 Å². The lowest BCUT2D eigenvalue weighted by molar-refractivity contribution is -0.137.